The molecule has 3 aliphatic heterocycles. The summed E-state index contributed by atoms with van der Waals surface area (Å²) in [6.07, 6.45) is 3.91. The molecule has 1 spiro atoms. The fraction of sp³-hybridized carbons (Fsp3) is 0.134. The highest BCUT2D eigenvalue weighted by atomic mass is 15.1. The molecule has 0 bridgehead atoms. The minimum atomic E-state index is -0.578. The summed E-state index contributed by atoms with van der Waals surface area (Å²) in [6.45, 7) is 9.33. The lowest BCUT2D eigenvalue weighted by atomic mass is 9.33. The molecule has 3 heteroatoms. The Morgan fingerprint density at radius 1 is 0.357 bits per heavy atom. The largest absolute Gasteiger partial charge is 0.310 e. The summed E-state index contributed by atoms with van der Waals surface area (Å²) in [6, 6.07) is 69.3. The zero-order valence-electron chi connectivity index (χ0n) is 40.0. The predicted molar refractivity (Wildman–Crippen MR) is 297 cm³/mol. The maximum absolute atomic E-state index is 2.79. The van der Waals surface area contributed by atoms with E-state index in [2.05, 4.69) is 213 Å². The van der Waals surface area contributed by atoms with Crippen LogP contribution in [0.2, 0.25) is 0 Å². The average molecular weight is 893 g/mol. The van der Waals surface area contributed by atoms with E-state index in [1.165, 1.54) is 160 Å². The number of rotatable bonds is 6. The number of nitrogens with zero attached hydrogens (tertiary/aromatic N) is 2. The lowest BCUT2D eigenvalue weighted by molar-refractivity contribution is 0.748. The molecular formula is C67H49BN2. The Labute approximate surface area is 408 Å². The SMILES string of the molecule is CCc1ccc2c(c1)c1cc(CC)cc3c1n2-c1c(-c2ccc(-c4ccccc4)c4ccccc24)cc2c4c1B3c1cc(CC)cc3c5cc(CC)cc(c5n-4c13)C21c2ccccc2-c2ccccc21. The van der Waals surface area contributed by atoms with Crippen LogP contribution in [0.25, 0.3) is 99.1 Å². The van der Waals surface area contributed by atoms with Gasteiger partial charge in [-0.15, -0.1) is 0 Å². The highest BCUT2D eigenvalue weighted by Gasteiger charge is 2.55. The first kappa shape index (κ1) is 39.0. The maximum atomic E-state index is 2.79. The summed E-state index contributed by atoms with van der Waals surface area (Å²) in [5, 5.41) is 8.05. The van der Waals surface area contributed by atoms with Crippen molar-refractivity contribution in [1.82, 2.24) is 9.13 Å². The summed E-state index contributed by atoms with van der Waals surface area (Å²) in [5.41, 5.74) is 30.7. The molecule has 0 saturated heterocycles. The van der Waals surface area contributed by atoms with E-state index in [1.54, 1.807) is 0 Å². The molecule has 0 N–H and O–H groups in total. The number of aryl methyl sites for hydroxylation is 4. The first-order valence-corrected chi connectivity index (χ1v) is 25.8. The Hall–Kier alpha value is -7.88. The summed E-state index contributed by atoms with van der Waals surface area (Å²) >= 11 is 0. The van der Waals surface area contributed by atoms with Crippen molar-refractivity contribution in [2.45, 2.75) is 58.8 Å². The van der Waals surface area contributed by atoms with Gasteiger partial charge in [-0.2, -0.15) is 0 Å². The topological polar surface area (TPSA) is 9.86 Å². The van der Waals surface area contributed by atoms with E-state index < -0.39 is 5.41 Å². The number of benzene rings is 10. The molecular weight excluding hydrogens is 844 g/mol. The van der Waals surface area contributed by atoms with Gasteiger partial charge in [0.05, 0.1) is 22.1 Å². The van der Waals surface area contributed by atoms with Gasteiger partial charge in [0.1, 0.15) is 0 Å². The fourth-order valence-corrected chi connectivity index (χ4v) is 14.5. The second-order valence-electron chi connectivity index (χ2n) is 20.6. The normalized spacial score (nSPS) is 14.0. The predicted octanol–water partition coefficient (Wildman–Crippen LogP) is 14.4. The third-order valence-electron chi connectivity index (χ3n) is 17.5. The Bertz CT molecular complexity index is 4310. The van der Waals surface area contributed by atoms with E-state index in [9.17, 15) is 0 Å². The van der Waals surface area contributed by atoms with Crippen LogP contribution in [-0.4, -0.2) is 15.8 Å². The lowest BCUT2D eigenvalue weighted by Crippen LogP contribution is -2.60. The van der Waals surface area contributed by atoms with Crippen LogP contribution in [0.4, 0.5) is 0 Å². The molecule has 0 unspecified atom stereocenters. The van der Waals surface area contributed by atoms with Gasteiger partial charge in [-0.25, -0.2) is 0 Å². The Kier molecular flexibility index (Phi) is 7.62. The van der Waals surface area contributed by atoms with Crippen molar-refractivity contribution in [2.24, 2.45) is 0 Å². The summed E-state index contributed by atoms with van der Waals surface area (Å²) in [5.74, 6) is 0. The van der Waals surface area contributed by atoms with E-state index in [4.69, 9.17) is 0 Å². The Morgan fingerprint density at radius 3 is 1.57 bits per heavy atom. The molecule has 12 aromatic rings. The van der Waals surface area contributed by atoms with Crippen LogP contribution in [0.1, 0.15) is 72.2 Å². The molecule has 2 nitrogen and oxygen atoms in total. The molecule has 2 aromatic heterocycles. The van der Waals surface area contributed by atoms with Gasteiger partial charge in [-0.05, 0) is 162 Å². The number of hydrogen-bond donors (Lipinski definition) is 0. The smallest absolute Gasteiger partial charge is 0.252 e. The van der Waals surface area contributed by atoms with Crippen molar-refractivity contribution in [3.8, 4) is 44.8 Å². The highest BCUT2D eigenvalue weighted by molar-refractivity contribution is 7.00. The molecule has 5 heterocycles. The van der Waals surface area contributed by atoms with Crippen LogP contribution in [0.3, 0.4) is 0 Å². The van der Waals surface area contributed by atoms with Crippen molar-refractivity contribution in [2.75, 3.05) is 0 Å². The van der Waals surface area contributed by atoms with E-state index in [-0.39, 0.29) is 6.71 Å². The zero-order chi connectivity index (χ0) is 46.3. The van der Waals surface area contributed by atoms with Crippen molar-refractivity contribution in [3.63, 3.8) is 0 Å². The quantitative estimate of drug-likeness (QED) is 0.147. The van der Waals surface area contributed by atoms with Gasteiger partial charge in [0.25, 0.3) is 6.71 Å². The average Bonchev–Trinajstić information content (AvgIpc) is 4.04. The first-order valence-electron chi connectivity index (χ1n) is 25.8. The van der Waals surface area contributed by atoms with Gasteiger partial charge < -0.3 is 9.13 Å². The third kappa shape index (κ3) is 4.54. The minimum Gasteiger partial charge on any atom is -0.310 e. The third-order valence-corrected chi connectivity index (χ3v) is 17.5. The molecule has 1 aliphatic carbocycles. The van der Waals surface area contributed by atoms with Gasteiger partial charge in [0.15, 0.2) is 0 Å². The second kappa shape index (κ2) is 13.7. The number of aromatic nitrogens is 2. The van der Waals surface area contributed by atoms with Gasteiger partial charge >= 0.3 is 0 Å². The molecule has 0 atom stereocenters. The Morgan fingerprint density at radius 2 is 0.900 bits per heavy atom. The fourth-order valence-electron chi connectivity index (χ4n) is 14.5. The maximum Gasteiger partial charge on any atom is 0.252 e. The molecule has 4 aliphatic rings. The summed E-state index contributed by atoms with van der Waals surface area (Å²) < 4.78 is 5.53. The van der Waals surface area contributed by atoms with Crippen LogP contribution < -0.4 is 16.4 Å². The summed E-state index contributed by atoms with van der Waals surface area (Å²) in [7, 11) is 0. The van der Waals surface area contributed by atoms with Crippen molar-refractivity contribution in [1.29, 1.82) is 0 Å². The molecule has 0 fully saturated rings. The highest BCUT2D eigenvalue weighted by Crippen LogP contribution is 2.62. The van der Waals surface area contributed by atoms with E-state index in [0.717, 1.165) is 25.7 Å². The standard InChI is InChI=1S/C67H49BN2/c1-5-38-26-29-60-49(30-38)50-32-40(7-3)35-58-63(50)69(60)65-53(46-28-27-43(42-18-10-9-11-19-42)44-20-12-13-21-45(44)46)37-57-66-61(65)68(58)59-36-41(8-4)33-52-51-31-39(6-2)34-56(62(51)70(66)64(52)59)67(57)54-24-16-14-22-47(54)48-23-15-17-25-55(48)67/h9-37H,5-8H2,1-4H3. The van der Waals surface area contributed by atoms with E-state index in [0.29, 0.717) is 0 Å². The Balaban J connectivity index is 1.20. The molecule has 330 valence electrons. The van der Waals surface area contributed by atoms with Crippen LogP contribution >= 0.6 is 0 Å². The molecule has 0 saturated carbocycles. The molecule has 10 aromatic carbocycles. The summed E-state index contributed by atoms with van der Waals surface area (Å²) in [4.78, 5) is 0. The monoisotopic (exact) mass is 892 g/mol. The molecule has 0 amide bonds. The molecule has 16 rings (SSSR count). The van der Waals surface area contributed by atoms with Crippen LogP contribution in [0, 0.1) is 0 Å². The first-order chi connectivity index (χ1) is 34.5. The van der Waals surface area contributed by atoms with Crippen molar-refractivity contribution in [3.05, 3.63) is 220 Å². The van der Waals surface area contributed by atoms with Gasteiger partial charge in [0, 0.05) is 43.8 Å². The van der Waals surface area contributed by atoms with Crippen molar-refractivity contribution >= 4 is 77.5 Å². The van der Waals surface area contributed by atoms with Gasteiger partial charge in [-0.1, -0.05) is 167 Å². The number of fused-ring (bicyclic) bond motifs is 15. The minimum absolute atomic E-state index is 0.0111. The van der Waals surface area contributed by atoms with E-state index in [1.807, 2.05) is 0 Å². The van der Waals surface area contributed by atoms with Gasteiger partial charge in [0.2, 0.25) is 0 Å². The van der Waals surface area contributed by atoms with Gasteiger partial charge in [-0.3, -0.25) is 0 Å². The molecule has 0 radical (unpaired) electrons. The number of hydrogen-bond acceptors (Lipinski definition) is 0. The lowest BCUT2D eigenvalue weighted by Gasteiger charge is -2.45. The van der Waals surface area contributed by atoms with Crippen LogP contribution in [-0.2, 0) is 31.1 Å². The van der Waals surface area contributed by atoms with Crippen LogP contribution in [0.5, 0.6) is 0 Å². The van der Waals surface area contributed by atoms with Crippen molar-refractivity contribution < 1.29 is 0 Å². The zero-order valence-corrected chi connectivity index (χ0v) is 40.0. The second-order valence-corrected chi connectivity index (χ2v) is 20.6. The molecule has 70 heavy (non-hydrogen) atoms. The van der Waals surface area contributed by atoms with Crippen LogP contribution in [0.15, 0.2) is 176 Å². The van der Waals surface area contributed by atoms with E-state index >= 15 is 0 Å².